The maximum atomic E-state index is 12.7. The first kappa shape index (κ1) is 21.8. The molecule has 33 heavy (non-hydrogen) atoms. The lowest BCUT2D eigenvalue weighted by Crippen LogP contribution is -2.18. The number of rotatable bonds is 7. The third kappa shape index (κ3) is 4.45. The van der Waals surface area contributed by atoms with Crippen molar-refractivity contribution in [2.24, 2.45) is 5.73 Å². The summed E-state index contributed by atoms with van der Waals surface area (Å²) in [5.41, 5.74) is 9.31. The average Bonchev–Trinajstić information content (AvgIpc) is 3.19. The Morgan fingerprint density at radius 1 is 1.15 bits per heavy atom. The number of methoxy groups -OCH3 is 1. The van der Waals surface area contributed by atoms with Gasteiger partial charge in [0.25, 0.3) is 5.95 Å². The molecule has 2 aromatic carbocycles. The Morgan fingerprint density at radius 2 is 1.79 bits per heavy atom. The van der Waals surface area contributed by atoms with Gasteiger partial charge in [-0.05, 0) is 73.0 Å². The Morgan fingerprint density at radius 3 is 2.36 bits per heavy atom. The Bertz CT molecular complexity index is 1320. The fourth-order valence-corrected chi connectivity index (χ4v) is 3.70. The van der Waals surface area contributed by atoms with E-state index >= 15 is 0 Å². The molecule has 5 N–H and O–H groups in total. The molecule has 2 aromatic heterocycles. The monoisotopic (exact) mass is 444 g/mol. The van der Waals surface area contributed by atoms with Crippen molar-refractivity contribution < 1.29 is 4.74 Å². The molecular formula is C23H24N8O2. The number of nitrogen functional groups attached to an aromatic ring is 1. The molecule has 0 radical (unpaired) electrons. The fourth-order valence-electron chi connectivity index (χ4n) is 3.70. The number of benzene rings is 2. The van der Waals surface area contributed by atoms with E-state index in [1.54, 1.807) is 37.7 Å². The van der Waals surface area contributed by atoms with Gasteiger partial charge in [-0.15, -0.1) is 9.78 Å². The molecule has 0 fully saturated rings. The Labute approximate surface area is 190 Å². The normalized spacial score (nSPS) is 11.7. The van der Waals surface area contributed by atoms with Crippen LogP contribution in [-0.4, -0.2) is 37.7 Å². The van der Waals surface area contributed by atoms with Crippen LogP contribution in [0, 0.1) is 19.3 Å². The van der Waals surface area contributed by atoms with Crippen molar-refractivity contribution in [3.63, 3.8) is 0 Å². The average molecular weight is 444 g/mol. The number of H-pyrrole nitrogens is 1. The molecule has 0 aliphatic rings. The highest BCUT2D eigenvalue weighted by molar-refractivity contribution is 5.95. The molecule has 10 heteroatoms. The van der Waals surface area contributed by atoms with Crippen LogP contribution >= 0.6 is 0 Å². The van der Waals surface area contributed by atoms with Crippen LogP contribution in [0.3, 0.4) is 0 Å². The van der Waals surface area contributed by atoms with Crippen LogP contribution in [0.2, 0.25) is 0 Å². The molecule has 0 spiro atoms. The molecule has 0 aliphatic heterocycles. The number of anilines is 1. The minimum atomic E-state index is -0.492. The van der Waals surface area contributed by atoms with Crippen molar-refractivity contribution in [2.75, 3.05) is 12.4 Å². The summed E-state index contributed by atoms with van der Waals surface area (Å²) in [4.78, 5) is 23.7. The number of ether oxygens (including phenoxy) is 1. The van der Waals surface area contributed by atoms with E-state index in [9.17, 15) is 4.79 Å². The van der Waals surface area contributed by atoms with Crippen LogP contribution < -0.4 is 21.5 Å². The van der Waals surface area contributed by atoms with Gasteiger partial charge in [-0.3, -0.25) is 10.4 Å². The van der Waals surface area contributed by atoms with Gasteiger partial charge in [-0.1, -0.05) is 0 Å². The summed E-state index contributed by atoms with van der Waals surface area (Å²) in [5.74, 6) is 1.37. The van der Waals surface area contributed by atoms with Crippen molar-refractivity contribution in [1.29, 1.82) is 5.41 Å². The number of aromatic nitrogens is 5. The van der Waals surface area contributed by atoms with Crippen LogP contribution in [0.4, 0.5) is 5.69 Å². The number of nitrogens with two attached hydrogens (primary N) is 1. The van der Waals surface area contributed by atoms with Gasteiger partial charge >= 0.3 is 5.69 Å². The van der Waals surface area contributed by atoms with Gasteiger partial charge in [-0.25, -0.2) is 14.8 Å². The zero-order valence-corrected chi connectivity index (χ0v) is 18.5. The van der Waals surface area contributed by atoms with Crippen molar-refractivity contribution in [3.8, 4) is 11.7 Å². The van der Waals surface area contributed by atoms with E-state index in [0.29, 0.717) is 11.4 Å². The van der Waals surface area contributed by atoms with Crippen LogP contribution in [-0.2, 0) is 0 Å². The summed E-state index contributed by atoms with van der Waals surface area (Å²) < 4.78 is 6.64. The topological polar surface area (TPSA) is 148 Å². The molecule has 0 aliphatic carbocycles. The number of hydrogen-bond donors (Lipinski definition) is 4. The first-order valence-corrected chi connectivity index (χ1v) is 10.2. The zero-order valence-electron chi connectivity index (χ0n) is 18.5. The van der Waals surface area contributed by atoms with E-state index < -0.39 is 11.7 Å². The molecule has 0 saturated heterocycles. The Kier molecular flexibility index (Phi) is 5.90. The summed E-state index contributed by atoms with van der Waals surface area (Å²) >= 11 is 0. The largest absolute Gasteiger partial charge is 0.496 e. The van der Waals surface area contributed by atoms with Crippen molar-refractivity contribution in [1.82, 2.24) is 24.7 Å². The third-order valence-corrected chi connectivity index (χ3v) is 5.18. The number of amidine groups is 1. The molecule has 4 rings (SSSR count). The van der Waals surface area contributed by atoms with E-state index in [-0.39, 0.29) is 11.8 Å². The van der Waals surface area contributed by atoms with Crippen molar-refractivity contribution in [3.05, 3.63) is 93.4 Å². The third-order valence-electron chi connectivity index (χ3n) is 5.18. The second kappa shape index (κ2) is 8.95. The molecule has 4 aromatic rings. The summed E-state index contributed by atoms with van der Waals surface area (Å²) in [6.07, 6.45) is 3.09. The first-order chi connectivity index (χ1) is 15.9. The second-order valence-corrected chi connectivity index (χ2v) is 7.53. The minimum absolute atomic E-state index is 0.00885. The minimum Gasteiger partial charge on any atom is -0.496 e. The number of nitrogens with one attached hydrogen (secondary N) is 3. The van der Waals surface area contributed by atoms with E-state index in [1.807, 2.05) is 38.1 Å². The van der Waals surface area contributed by atoms with Gasteiger partial charge in [0.05, 0.1) is 7.11 Å². The van der Waals surface area contributed by atoms with Gasteiger partial charge in [0.15, 0.2) is 5.82 Å². The fraction of sp³-hybridized carbons (Fsp3) is 0.174. The predicted octanol–water partition coefficient (Wildman–Crippen LogP) is 2.46. The summed E-state index contributed by atoms with van der Waals surface area (Å²) in [7, 11) is 1.64. The summed E-state index contributed by atoms with van der Waals surface area (Å²) in [5, 5.41) is 15.5. The highest BCUT2D eigenvalue weighted by Crippen LogP contribution is 2.31. The SMILES string of the molecule is COc1c(C)cc(C(Nc2ccc(C(=N)N)cc2)c2nn(-c3ncccn3)c(=O)[nH]2)cc1C. The lowest BCUT2D eigenvalue weighted by atomic mass is 9.99. The van der Waals surface area contributed by atoms with Crippen LogP contribution in [0.5, 0.6) is 5.75 Å². The van der Waals surface area contributed by atoms with E-state index in [1.165, 1.54) is 0 Å². The maximum absolute atomic E-state index is 12.7. The lowest BCUT2D eigenvalue weighted by molar-refractivity contribution is 0.408. The molecule has 168 valence electrons. The van der Waals surface area contributed by atoms with Crippen LogP contribution in [0.25, 0.3) is 5.95 Å². The number of nitrogens with zero attached hydrogens (tertiary/aromatic N) is 4. The van der Waals surface area contributed by atoms with Gasteiger partial charge in [0, 0.05) is 23.6 Å². The van der Waals surface area contributed by atoms with Gasteiger partial charge in [0.1, 0.15) is 17.6 Å². The number of aromatic amines is 1. The second-order valence-electron chi connectivity index (χ2n) is 7.53. The summed E-state index contributed by atoms with van der Waals surface area (Å²) in [6.45, 7) is 3.93. The lowest BCUT2D eigenvalue weighted by Gasteiger charge is -2.20. The van der Waals surface area contributed by atoms with Crippen LogP contribution in [0.1, 0.15) is 34.1 Å². The van der Waals surface area contributed by atoms with Crippen molar-refractivity contribution in [2.45, 2.75) is 19.9 Å². The quantitative estimate of drug-likeness (QED) is 0.253. The first-order valence-electron chi connectivity index (χ1n) is 10.2. The molecule has 0 saturated carbocycles. The standard InChI is InChI=1S/C23H24N8O2/c1-13-11-16(12-14(2)19(13)33-3)18(28-17-7-5-15(6-8-17)20(24)25)21-29-23(32)31(30-21)22-26-9-4-10-27-22/h4-12,18,28H,1-3H3,(H3,24,25)(H,29,30,32). The van der Waals surface area contributed by atoms with Gasteiger partial charge in [-0.2, -0.15) is 0 Å². The Hall–Kier alpha value is -4.47. The molecule has 2 heterocycles. The number of aryl methyl sites for hydroxylation is 2. The highest BCUT2D eigenvalue weighted by Gasteiger charge is 2.22. The maximum Gasteiger partial charge on any atom is 0.350 e. The van der Waals surface area contributed by atoms with Crippen molar-refractivity contribution >= 4 is 11.5 Å². The molecule has 10 nitrogen and oxygen atoms in total. The predicted molar refractivity (Wildman–Crippen MR) is 125 cm³/mol. The van der Waals surface area contributed by atoms with Gasteiger partial charge < -0.3 is 15.8 Å². The molecular weight excluding hydrogens is 420 g/mol. The van der Waals surface area contributed by atoms with E-state index in [2.05, 4.69) is 25.4 Å². The molecule has 0 bridgehead atoms. The molecule has 0 amide bonds. The zero-order chi connectivity index (χ0) is 23.5. The van der Waals surface area contributed by atoms with Crippen LogP contribution in [0.15, 0.2) is 59.7 Å². The molecule has 1 unspecified atom stereocenters. The number of hydrogen-bond acceptors (Lipinski definition) is 7. The molecule has 1 atom stereocenters. The smallest absolute Gasteiger partial charge is 0.350 e. The van der Waals surface area contributed by atoms with E-state index in [4.69, 9.17) is 15.9 Å². The summed E-state index contributed by atoms with van der Waals surface area (Å²) in [6, 6.07) is 12.3. The Balaban J connectivity index is 1.80. The highest BCUT2D eigenvalue weighted by atomic mass is 16.5. The van der Waals surface area contributed by atoms with E-state index in [0.717, 1.165) is 32.8 Å². The van der Waals surface area contributed by atoms with Gasteiger partial charge in [0.2, 0.25) is 0 Å².